The highest BCUT2D eigenvalue weighted by atomic mass is 32.2. The summed E-state index contributed by atoms with van der Waals surface area (Å²) in [5, 5.41) is 9.24. The second-order valence-corrected chi connectivity index (χ2v) is 8.31. The third kappa shape index (κ3) is 3.92. The fraction of sp³-hybridized carbons (Fsp3) is 0.333. The Morgan fingerprint density at radius 2 is 1.74 bits per heavy atom. The second kappa shape index (κ2) is 6.34. The molecule has 0 spiro atoms. The number of benzene rings is 2. The van der Waals surface area contributed by atoms with Gasteiger partial charge < -0.3 is 5.11 Å². The average Bonchev–Trinajstić information content (AvgIpc) is 2.48. The first-order chi connectivity index (χ1) is 10.6. The van der Waals surface area contributed by atoms with E-state index in [-0.39, 0.29) is 16.9 Å². The minimum Gasteiger partial charge on any atom is -0.392 e. The molecule has 0 atom stereocenters. The molecule has 0 radical (unpaired) electrons. The molecule has 0 bridgehead atoms. The largest absolute Gasteiger partial charge is 0.392 e. The first-order valence-corrected chi connectivity index (χ1v) is 8.96. The van der Waals surface area contributed by atoms with Crippen LogP contribution < -0.4 is 4.72 Å². The normalized spacial score (nSPS) is 12.2. The van der Waals surface area contributed by atoms with Crippen LogP contribution in [0.1, 0.15) is 37.5 Å². The molecule has 2 N–H and O–H groups in total. The summed E-state index contributed by atoms with van der Waals surface area (Å²) in [4.78, 5) is 0.279. The van der Waals surface area contributed by atoms with Gasteiger partial charge in [0, 0.05) is 0 Å². The molecule has 0 saturated heterocycles. The first kappa shape index (κ1) is 17.5. The maximum atomic E-state index is 12.8. The van der Waals surface area contributed by atoms with Crippen LogP contribution in [0.2, 0.25) is 0 Å². The van der Waals surface area contributed by atoms with E-state index in [0.29, 0.717) is 11.3 Å². The third-order valence-electron chi connectivity index (χ3n) is 3.71. The Morgan fingerprint density at radius 1 is 1.09 bits per heavy atom. The van der Waals surface area contributed by atoms with Gasteiger partial charge in [0.15, 0.2) is 0 Å². The van der Waals surface area contributed by atoms with Gasteiger partial charge in [-0.2, -0.15) is 0 Å². The molecule has 0 heterocycles. The maximum absolute atomic E-state index is 12.8. The van der Waals surface area contributed by atoms with E-state index in [4.69, 9.17) is 0 Å². The molecule has 0 fully saturated rings. The number of hydrogen-bond acceptors (Lipinski definition) is 3. The molecule has 0 aliphatic heterocycles. The van der Waals surface area contributed by atoms with Gasteiger partial charge in [0.05, 0.1) is 17.2 Å². The van der Waals surface area contributed by atoms with Gasteiger partial charge in [-0.25, -0.2) is 8.42 Å². The summed E-state index contributed by atoms with van der Waals surface area (Å²) >= 11 is 0. The van der Waals surface area contributed by atoms with Gasteiger partial charge in [-0.1, -0.05) is 51.1 Å². The lowest BCUT2D eigenvalue weighted by molar-refractivity contribution is 0.282. The zero-order valence-corrected chi connectivity index (χ0v) is 14.7. The maximum Gasteiger partial charge on any atom is 0.262 e. The minimum absolute atomic E-state index is 0.131. The smallest absolute Gasteiger partial charge is 0.262 e. The summed E-state index contributed by atoms with van der Waals surface area (Å²) in [5.74, 6) is 0. The summed E-state index contributed by atoms with van der Waals surface area (Å²) in [6.45, 7) is 7.65. The van der Waals surface area contributed by atoms with Crippen molar-refractivity contribution in [2.45, 2.75) is 44.6 Å². The molecule has 23 heavy (non-hydrogen) atoms. The Balaban J connectivity index is 2.49. The number of rotatable bonds is 4. The van der Waals surface area contributed by atoms with Crippen LogP contribution in [0.25, 0.3) is 0 Å². The van der Waals surface area contributed by atoms with Crippen molar-refractivity contribution in [1.29, 1.82) is 0 Å². The number of aryl methyl sites for hydroxylation is 1. The Kier molecular flexibility index (Phi) is 4.82. The first-order valence-electron chi connectivity index (χ1n) is 7.48. The zero-order chi connectivity index (χ0) is 17.3. The van der Waals surface area contributed by atoms with Crippen LogP contribution in [0.5, 0.6) is 0 Å². The van der Waals surface area contributed by atoms with Gasteiger partial charge in [-0.05, 0) is 41.2 Å². The van der Waals surface area contributed by atoms with E-state index in [2.05, 4.69) is 4.72 Å². The van der Waals surface area contributed by atoms with Crippen LogP contribution in [0.15, 0.2) is 47.4 Å². The summed E-state index contributed by atoms with van der Waals surface area (Å²) in [7, 11) is -3.71. The van der Waals surface area contributed by atoms with E-state index in [9.17, 15) is 13.5 Å². The minimum atomic E-state index is -3.71. The number of aliphatic hydroxyl groups is 1. The number of sulfonamides is 1. The lowest BCUT2D eigenvalue weighted by Crippen LogP contribution is -2.21. The molecule has 124 valence electrons. The van der Waals surface area contributed by atoms with Gasteiger partial charge in [0.25, 0.3) is 10.0 Å². The highest BCUT2D eigenvalue weighted by Gasteiger charge is 2.25. The van der Waals surface area contributed by atoms with E-state index < -0.39 is 10.0 Å². The summed E-state index contributed by atoms with van der Waals surface area (Å²) in [5.41, 5.74) is 2.44. The standard InChI is InChI=1S/C18H23NO3S/c1-13-9-10-14(12-20)11-16(13)19-23(21,22)17-8-6-5-7-15(17)18(2,3)4/h5-11,19-20H,12H2,1-4H3. The van der Waals surface area contributed by atoms with E-state index in [0.717, 1.165) is 11.1 Å². The second-order valence-electron chi connectivity index (χ2n) is 6.66. The van der Waals surface area contributed by atoms with Gasteiger partial charge in [0.1, 0.15) is 0 Å². The fourth-order valence-electron chi connectivity index (χ4n) is 2.40. The Bertz CT molecular complexity index is 805. The van der Waals surface area contributed by atoms with E-state index in [1.165, 1.54) is 0 Å². The van der Waals surface area contributed by atoms with Crippen LogP contribution in [-0.4, -0.2) is 13.5 Å². The number of nitrogens with one attached hydrogen (secondary N) is 1. The van der Waals surface area contributed by atoms with Gasteiger partial charge in [-0.3, -0.25) is 4.72 Å². The number of anilines is 1. The van der Waals surface area contributed by atoms with Crippen molar-refractivity contribution in [1.82, 2.24) is 0 Å². The van der Waals surface area contributed by atoms with Crippen LogP contribution in [0.3, 0.4) is 0 Å². The molecule has 0 amide bonds. The summed E-state index contributed by atoms with van der Waals surface area (Å²) < 4.78 is 28.3. The van der Waals surface area contributed by atoms with Crippen molar-refractivity contribution in [3.05, 3.63) is 59.2 Å². The van der Waals surface area contributed by atoms with Gasteiger partial charge >= 0.3 is 0 Å². The monoisotopic (exact) mass is 333 g/mol. The summed E-state index contributed by atoms with van der Waals surface area (Å²) in [6.07, 6.45) is 0. The van der Waals surface area contributed by atoms with Crippen molar-refractivity contribution in [2.75, 3.05) is 4.72 Å². The quantitative estimate of drug-likeness (QED) is 0.898. The van der Waals surface area contributed by atoms with Crippen LogP contribution in [-0.2, 0) is 22.0 Å². The van der Waals surface area contributed by atoms with Crippen molar-refractivity contribution in [3.8, 4) is 0 Å². The molecule has 5 heteroatoms. The van der Waals surface area contributed by atoms with E-state index in [1.54, 1.807) is 30.3 Å². The Morgan fingerprint density at radius 3 is 2.35 bits per heavy atom. The zero-order valence-electron chi connectivity index (χ0n) is 13.9. The highest BCUT2D eigenvalue weighted by Crippen LogP contribution is 2.30. The predicted molar refractivity (Wildman–Crippen MR) is 93.1 cm³/mol. The van der Waals surface area contributed by atoms with Crippen molar-refractivity contribution in [2.24, 2.45) is 0 Å². The topological polar surface area (TPSA) is 66.4 Å². The third-order valence-corrected chi connectivity index (χ3v) is 5.14. The number of aliphatic hydroxyl groups excluding tert-OH is 1. The lowest BCUT2D eigenvalue weighted by Gasteiger charge is -2.23. The van der Waals surface area contributed by atoms with Crippen LogP contribution in [0.4, 0.5) is 5.69 Å². The molecular weight excluding hydrogens is 310 g/mol. The summed E-state index contributed by atoms with van der Waals surface area (Å²) in [6, 6.07) is 12.2. The molecule has 2 aromatic rings. The average molecular weight is 333 g/mol. The Labute approximate surface area is 138 Å². The highest BCUT2D eigenvalue weighted by molar-refractivity contribution is 7.92. The lowest BCUT2D eigenvalue weighted by atomic mass is 9.87. The molecule has 0 saturated carbocycles. The fourth-order valence-corrected chi connectivity index (χ4v) is 3.94. The molecule has 2 aromatic carbocycles. The van der Waals surface area contributed by atoms with Crippen molar-refractivity contribution < 1.29 is 13.5 Å². The van der Waals surface area contributed by atoms with Gasteiger partial charge in [-0.15, -0.1) is 0 Å². The molecule has 4 nitrogen and oxygen atoms in total. The van der Waals surface area contributed by atoms with E-state index >= 15 is 0 Å². The number of hydrogen-bond donors (Lipinski definition) is 2. The molecular formula is C18H23NO3S. The Hall–Kier alpha value is -1.85. The van der Waals surface area contributed by atoms with Gasteiger partial charge in [0.2, 0.25) is 0 Å². The van der Waals surface area contributed by atoms with E-state index in [1.807, 2.05) is 39.8 Å². The molecule has 0 aliphatic rings. The van der Waals surface area contributed by atoms with Crippen molar-refractivity contribution in [3.63, 3.8) is 0 Å². The molecule has 0 aromatic heterocycles. The van der Waals surface area contributed by atoms with Crippen LogP contribution >= 0.6 is 0 Å². The van der Waals surface area contributed by atoms with Crippen LogP contribution in [0, 0.1) is 6.92 Å². The molecule has 0 unspecified atom stereocenters. The molecule has 0 aliphatic carbocycles. The van der Waals surface area contributed by atoms with Crippen molar-refractivity contribution >= 4 is 15.7 Å². The SMILES string of the molecule is Cc1ccc(CO)cc1NS(=O)(=O)c1ccccc1C(C)(C)C. The molecule has 2 rings (SSSR count). The predicted octanol–water partition coefficient (Wildman–Crippen LogP) is 3.59.